The molecular weight excluding hydrogens is 276 g/mol. The molecule has 20 heavy (non-hydrogen) atoms. The monoisotopic (exact) mass is 300 g/mol. The molecule has 0 aliphatic carbocycles. The second-order valence-electron chi connectivity index (χ2n) is 4.51. The van der Waals surface area contributed by atoms with E-state index < -0.39 is 10.0 Å². The molecule has 5 nitrogen and oxygen atoms in total. The summed E-state index contributed by atoms with van der Waals surface area (Å²) in [6.45, 7) is 4.07. The van der Waals surface area contributed by atoms with Gasteiger partial charge in [-0.2, -0.15) is 0 Å². The van der Waals surface area contributed by atoms with Crippen LogP contribution in [0.3, 0.4) is 0 Å². The lowest BCUT2D eigenvalue weighted by atomic mass is 10.2. The molecule has 1 aromatic carbocycles. The van der Waals surface area contributed by atoms with Gasteiger partial charge in [0.15, 0.2) is 0 Å². The molecule has 0 atom stereocenters. The first kappa shape index (κ1) is 16.9. The summed E-state index contributed by atoms with van der Waals surface area (Å²) >= 11 is 0. The van der Waals surface area contributed by atoms with Crippen molar-refractivity contribution in [2.24, 2.45) is 0 Å². The number of hydrogen-bond donors (Lipinski definition) is 2. The molecule has 1 rings (SSSR count). The van der Waals surface area contributed by atoms with E-state index in [9.17, 15) is 8.42 Å². The van der Waals surface area contributed by atoms with E-state index in [-0.39, 0.29) is 12.3 Å². The van der Waals surface area contributed by atoms with Crippen LogP contribution in [0.25, 0.3) is 0 Å². The Kier molecular flexibility index (Phi) is 7.58. The normalized spacial score (nSPS) is 11.5. The van der Waals surface area contributed by atoms with Crippen molar-refractivity contribution in [3.63, 3.8) is 0 Å². The average molecular weight is 300 g/mol. The summed E-state index contributed by atoms with van der Waals surface area (Å²) in [7, 11) is -1.65. The van der Waals surface area contributed by atoms with Crippen LogP contribution in [0.1, 0.15) is 25.3 Å². The van der Waals surface area contributed by atoms with Crippen molar-refractivity contribution in [2.45, 2.75) is 26.3 Å². The van der Waals surface area contributed by atoms with Gasteiger partial charge in [-0.1, -0.05) is 25.1 Å². The van der Waals surface area contributed by atoms with E-state index in [0.717, 1.165) is 25.1 Å². The third-order valence-corrected chi connectivity index (χ3v) is 4.35. The smallest absolute Gasteiger partial charge is 0.211 e. The summed E-state index contributed by atoms with van der Waals surface area (Å²) in [6, 6.07) is 7.40. The second-order valence-corrected chi connectivity index (χ2v) is 6.44. The first-order valence-corrected chi connectivity index (χ1v) is 8.54. The molecule has 0 aliphatic heterocycles. The van der Waals surface area contributed by atoms with E-state index in [1.54, 1.807) is 7.11 Å². The lowest BCUT2D eigenvalue weighted by Crippen LogP contribution is -2.26. The Hall–Kier alpha value is -1.11. The van der Waals surface area contributed by atoms with Gasteiger partial charge >= 0.3 is 0 Å². The Morgan fingerprint density at radius 1 is 1.20 bits per heavy atom. The molecule has 0 saturated carbocycles. The fourth-order valence-corrected chi connectivity index (χ4v) is 2.93. The zero-order valence-electron chi connectivity index (χ0n) is 12.2. The first-order valence-electron chi connectivity index (χ1n) is 6.89. The van der Waals surface area contributed by atoms with Gasteiger partial charge in [0.05, 0.1) is 12.9 Å². The van der Waals surface area contributed by atoms with E-state index in [2.05, 4.69) is 10.0 Å². The molecule has 2 N–H and O–H groups in total. The van der Waals surface area contributed by atoms with Crippen molar-refractivity contribution < 1.29 is 13.2 Å². The van der Waals surface area contributed by atoms with E-state index >= 15 is 0 Å². The van der Waals surface area contributed by atoms with Crippen LogP contribution < -0.4 is 14.8 Å². The van der Waals surface area contributed by atoms with Crippen molar-refractivity contribution in [1.82, 2.24) is 10.0 Å². The highest BCUT2D eigenvalue weighted by molar-refractivity contribution is 7.89. The molecule has 0 heterocycles. The fourth-order valence-electron chi connectivity index (χ4n) is 1.83. The maximum Gasteiger partial charge on any atom is 0.211 e. The van der Waals surface area contributed by atoms with Gasteiger partial charge in [0.25, 0.3) is 0 Å². The summed E-state index contributed by atoms with van der Waals surface area (Å²) in [5.74, 6) is 0.857. The minimum Gasteiger partial charge on any atom is -0.496 e. The summed E-state index contributed by atoms with van der Waals surface area (Å²) < 4.78 is 31.5. The SMILES string of the molecule is CCNCCCCS(=O)(=O)NCc1ccccc1OC. The van der Waals surface area contributed by atoms with E-state index in [0.29, 0.717) is 12.2 Å². The Balaban J connectivity index is 2.39. The molecule has 6 heteroatoms. The lowest BCUT2D eigenvalue weighted by Gasteiger charge is -2.10. The largest absolute Gasteiger partial charge is 0.496 e. The Bertz CT molecular complexity index is 489. The number of sulfonamides is 1. The number of nitrogens with one attached hydrogen (secondary N) is 2. The zero-order valence-corrected chi connectivity index (χ0v) is 13.0. The van der Waals surface area contributed by atoms with Gasteiger partial charge < -0.3 is 10.1 Å². The molecule has 0 aliphatic rings. The highest BCUT2D eigenvalue weighted by Crippen LogP contribution is 2.16. The lowest BCUT2D eigenvalue weighted by molar-refractivity contribution is 0.409. The second kappa shape index (κ2) is 8.94. The van der Waals surface area contributed by atoms with Crippen molar-refractivity contribution in [2.75, 3.05) is 26.0 Å². The fraction of sp³-hybridized carbons (Fsp3) is 0.571. The number of ether oxygens (including phenoxy) is 1. The number of benzene rings is 1. The summed E-state index contributed by atoms with van der Waals surface area (Å²) in [4.78, 5) is 0. The minimum atomic E-state index is -3.23. The van der Waals surface area contributed by atoms with Crippen molar-refractivity contribution in [3.05, 3.63) is 29.8 Å². The minimum absolute atomic E-state index is 0.160. The third kappa shape index (κ3) is 6.36. The van der Waals surface area contributed by atoms with Crippen molar-refractivity contribution in [1.29, 1.82) is 0 Å². The molecule has 0 bridgehead atoms. The Morgan fingerprint density at radius 2 is 1.95 bits per heavy atom. The van der Waals surface area contributed by atoms with Gasteiger partial charge in [0.2, 0.25) is 10.0 Å². The first-order chi connectivity index (χ1) is 9.59. The Morgan fingerprint density at radius 3 is 2.65 bits per heavy atom. The molecule has 0 radical (unpaired) electrons. The van der Waals surface area contributed by atoms with Crippen LogP contribution in [0, 0.1) is 0 Å². The molecule has 0 aromatic heterocycles. The van der Waals surface area contributed by atoms with E-state index in [1.165, 1.54) is 0 Å². The number of methoxy groups -OCH3 is 1. The average Bonchev–Trinajstić information content (AvgIpc) is 2.45. The van der Waals surface area contributed by atoms with Gasteiger partial charge in [-0.05, 0) is 32.0 Å². The van der Waals surface area contributed by atoms with Crippen LogP contribution >= 0.6 is 0 Å². The third-order valence-electron chi connectivity index (χ3n) is 2.94. The molecule has 1 aromatic rings. The molecule has 114 valence electrons. The predicted molar refractivity (Wildman–Crippen MR) is 81.4 cm³/mol. The summed E-state index contributed by atoms with van der Waals surface area (Å²) in [6.07, 6.45) is 1.53. The number of unbranched alkanes of at least 4 members (excludes halogenated alkanes) is 1. The maximum absolute atomic E-state index is 11.9. The van der Waals surface area contributed by atoms with Crippen LogP contribution in [0.2, 0.25) is 0 Å². The van der Waals surface area contributed by atoms with Gasteiger partial charge in [-0.25, -0.2) is 13.1 Å². The quantitative estimate of drug-likeness (QED) is 0.643. The summed E-state index contributed by atoms with van der Waals surface area (Å²) in [5.41, 5.74) is 0.839. The predicted octanol–water partition coefficient (Wildman–Crippen LogP) is 1.50. The molecule has 0 amide bonds. The van der Waals surface area contributed by atoms with Crippen LogP contribution in [-0.2, 0) is 16.6 Å². The Labute approximate surface area is 121 Å². The highest BCUT2D eigenvalue weighted by Gasteiger charge is 2.11. The topological polar surface area (TPSA) is 67.4 Å². The zero-order chi connectivity index (χ0) is 14.8. The van der Waals surface area contributed by atoms with Crippen molar-refractivity contribution in [3.8, 4) is 5.75 Å². The molecule has 0 saturated heterocycles. The number of para-hydroxylation sites is 1. The number of hydrogen-bond acceptors (Lipinski definition) is 4. The van der Waals surface area contributed by atoms with Crippen molar-refractivity contribution >= 4 is 10.0 Å². The molecule has 0 unspecified atom stereocenters. The van der Waals surface area contributed by atoms with Gasteiger partial charge in [0.1, 0.15) is 5.75 Å². The van der Waals surface area contributed by atoms with E-state index in [4.69, 9.17) is 4.74 Å². The van der Waals surface area contributed by atoms with Crippen LogP contribution in [0.5, 0.6) is 5.75 Å². The molecule has 0 spiro atoms. The molecular formula is C14H24N2O3S. The molecule has 0 fully saturated rings. The van der Waals surface area contributed by atoms with Crippen LogP contribution in [0.4, 0.5) is 0 Å². The number of rotatable bonds is 10. The van der Waals surface area contributed by atoms with Gasteiger partial charge in [-0.3, -0.25) is 0 Å². The maximum atomic E-state index is 11.9. The van der Waals surface area contributed by atoms with Crippen LogP contribution in [-0.4, -0.2) is 34.4 Å². The highest BCUT2D eigenvalue weighted by atomic mass is 32.2. The summed E-state index contributed by atoms with van der Waals surface area (Å²) in [5, 5.41) is 3.18. The van der Waals surface area contributed by atoms with Crippen LogP contribution in [0.15, 0.2) is 24.3 Å². The van der Waals surface area contributed by atoms with Gasteiger partial charge in [0, 0.05) is 12.1 Å². The van der Waals surface area contributed by atoms with Gasteiger partial charge in [-0.15, -0.1) is 0 Å². The standard InChI is InChI=1S/C14H24N2O3S/c1-3-15-10-6-7-11-20(17,18)16-12-13-8-4-5-9-14(13)19-2/h4-5,8-9,15-16H,3,6-7,10-12H2,1-2H3. The van der Waals surface area contributed by atoms with E-state index in [1.807, 2.05) is 31.2 Å².